The summed E-state index contributed by atoms with van der Waals surface area (Å²) in [6.45, 7) is 2.82. The van der Waals surface area contributed by atoms with Gasteiger partial charge in [0.15, 0.2) is 5.78 Å². The SMILES string of the molecule is COc1ccccc1[C@@](C)(O)C(C)=O. The molecule has 0 spiro atoms. The molecule has 0 bridgehead atoms. The highest BCUT2D eigenvalue weighted by Crippen LogP contribution is 2.29. The molecule has 1 N–H and O–H groups in total. The van der Waals surface area contributed by atoms with Gasteiger partial charge in [0.1, 0.15) is 11.4 Å². The Kier molecular flexibility index (Phi) is 2.91. The molecule has 1 aromatic carbocycles. The summed E-state index contributed by atoms with van der Waals surface area (Å²) in [6.07, 6.45) is 0. The third-order valence-electron chi connectivity index (χ3n) is 2.32. The van der Waals surface area contributed by atoms with Crippen LogP contribution in [0.5, 0.6) is 5.75 Å². The first kappa shape index (κ1) is 10.7. The molecule has 1 atom stereocenters. The van der Waals surface area contributed by atoms with Crippen molar-refractivity contribution in [3.63, 3.8) is 0 Å². The van der Waals surface area contributed by atoms with E-state index in [1.54, 1.807) is 24.3 Å². The highest BCUT2D eigenvalue weighted by molar-refractivity contribution is 5.86. The molecule has 0 fully saturated rings. The van der Waals surface area contributed by atoms with Crippen LogP contribution in [-0.4, -0.2) is 18.0 Å². The summed E-state index contributed by atoms with van der Waals surface area (Å²) in [6, 6.07) is 6.95. The molecule has 1 rings (SSSR count). The first-order valence-corrected chi connectivity index (χ1v) is 4.37. The summed E-state index contributed by atoms with van der Waals surface area (Å²) in [5.74, 6) is 0.217. The number of para-hydroxylation sites is 1. The minimum Gasteiger partial charge on any atom is -0.496 e. The maximum atomic E-state index is 11.2. The number of rotatable bonds is 3. The molecule has 0 saturated heterocycles. The predicted octanol–water partition coefficient (Wildman–Crippen LogP) is 1.49. The van der Waals surface area contributed by atoms with E-state index in [-0.39, 0.29) is 5.78 Å². The highest BCUT2D eigenvalue weighted by Gasteiger charge is 2.31. The second kappa shape index (κ2) is 3.80. The third kappa shape index (κ3) is 1.77. The van der Waals surface area contributed by atoms with Crippen LogP contribution in [-0.2, 0) is 10.4 Å². The van der Waals surface area contributed by atoms with Gasteiger partial charge in [0.2, 0.25) is 0 Å². The van der Waals surface area contributed by atoms with E-state index in [1.165, 1.54) is 21.0 Å². The molecule has 0 unspecified atom stereocenters. The van der Waals surface area contributed by atoms with Crippen molar-refractivity contribution in [1.29, 1.82) is 0 Å². The van der Waals surface area contributed by atoms with Crippen molar-refractivity contribution in [2.75, 3.05) is 7.11 Å². The van der Waals surface area contributed by atoms with E-state index in [4.69, 9.17) is 4.74 Å². The molecule has 0 radical (unpaired) electrons. The fraction of sp³-hybridized carbons (Fsp3) is 0.364. The Balaban J connectivity index is 3.24. The number of hydrogen-bond donors (Lipinski definition) is 1. The van der Waals surface area contributed by atoms with Gasteiger partial charge in [-0.25, -0.2) is 0 Å². The molecular formula is C11H14O3. The normalized spacial score (nSPS) is 14.6. The van der Waals surface area contributed by atoms with Crippen LogP contribution in [0.4, 0.5) is 0 Å². The van der Waals surface area contributed by atoms with Crippen LogP contribution in [0.3, 0.4) is 0 Å². The fourth-order valence-corrected chi connectivity index (χ4v) is 1.24. The Morgan fingerprint density at radius 2 is 2.00 bits per heavy atom. The third-order valence-corrected chi connectivity index (χ3v) is 2.32. The molecule has 1 aromatic rings. The molecule has 3 nitrogen and oxygen atoms in total. The van der Waals surface area contributed by atoms with E-state index in [1.807, 2.05) is 0 Å². The van der Waals surface area contributed by atoms with Gasteiger partial charge in [0.05, 0.1) is 7.11 Å². The Morgan fingerprint density at radius 1 is 1.43 bits per heavy atom. The lowest BCUT2D eigenvalue weighted by Crippen LogP contribution is -2.30. The lowest BCUT2D eigenvalue weighted by atomic mass is 9.91. The zero-order valence-corrected chi connectivity index (χ0v) is 8.57. The maximum absolute atomic E-state index is 11.2. The summed E-state index contributed by atoms with van der Waals surface area (Å²) in [4.78, 5) is 11.2. The first-order valence-electron chi connectivity index (χ1n) is 4.37. The minimum absolute atomic E-state index is 0.304. The topological polar surface area (TPSA) is 46.5 Å². The number of ether oxygens (including phenoxy) is 1. The predicted molar refractivity (Wildman–Crippen MR) is 53.2 cm³/mol. The summed E-state index contributed by atoms with van der Waals surface area (Å²) in [7, 11) is 1.51. The van der Waals surface area contributed by atoms with Gasteiger partial charge >= 0.3 is 0 Å². The molecule has 3 heteroatoms. The Hall–Kier alpha value is -1.35. The van der Waals surface area contributed by atoms with Crippen LogP contribution < -0.4 is 4.74 Å². The van der Waals surface area contributed by atoms with E-state index in [9.17, 15) is 9.90 Å². The van der Waals surface area contributed by atoms with E-state index in [2.05, 4.69) is 0 Å². The molecule has 0 heterocycles. The molecule has 0 aliphatic rings. The van der Waals surface area contributed by atoms with Crippen LogP contribution in [0.25, 0.3) is 0 Å². The largest absolute Gasteiger partial charge is 0.496 e. The van der Waals surface area contributed by atoms with Gasteiger partial charge in [-0.2, -0.15) is 0 Å². The van der Waals surface area contributed by atoms with E-state index in [0.29, 0.717) is 11.3 Å². The Bertz CT molecular complexity index is 342. The summed E-state index contributed by atoms with van der Waals surface area (Å²) in [5.41, 5.74) is -0.984. The van der Waals surface area contributed by atoms with Gasteiger partial charge in [0.25, 0.3) is 0 Å². The van der Waals surface area contributed by atoms with Gasteiger partial charge < -0.3 is 9.84 Å². The van der Waals surface area contributed by atoms with Crippen molar-refractivity contribution in [3.05, 3.63) is 29.8 Å². The van der Waals surface area contributed by atoms with Crippen molar-refractivity contribution in [1.82, 2.24) is 0 Å². The average Bonchev–Trinajstić information content (AvgIpc) is 2.17. The van der Waals surface area contributed by atoms with Crippen LogP contribution in [0.15, 0.2) is 24.3 Å². The molecule has 0 aliphatic heterocycles. The zero-order valence-electron chi connectivity index (χ0n) is 8.57. The number of benzene rings is 1. The smallest absolute Gasteiger partial charge is 0.165 e. The lowest BCUT2D eigenvalue weighted by Gasteiger charge is -2.22. The van der Waals surface area contributed by atoms with Crippen molar-refractivity contribution in [2.45, 2.75) is 19.4 Å². The number of hydrogen-bond acceptors (Lipinski definition) is 3. The van der Waals surface area contributed by atoms with Gasteiger partial charge in [0, 0.05) is 5.56 Å². The molecule has 0 aliphatic carbocycles. The Morgan fingerprint density at radius 3 is 2.50 bits per heavy atom. The van der Waals surface area contributed by atoms with Crippen molar-refractivity contribution < 1.29 is 14.6 Å². The van der Waals surface area contributed by atoms with Gasteiger partial charge in [-0.1, -0.05) is 18.2 Å². The van der Waals surface area contributed by atoms with Crippen LogP contribution >= 0.6 is 0 Å². The molecule has 0 saturated carbocycles. The lowest BCUT2D eigenvalue weighted by molar-refractivity contribution is -0.134. The second-order valence-electron chi connectivity index (χ2n) is 3.33. The quantitative estimate of drug-likeness (QED) is 0.793. The van der Waals surface area contributed by atoms with Gasteiger partial charge in [-0.05, 0) is 19.9 Å². The second-order valence-corrected chi connectivity index (χ2v) is 3.33. The number of ketones is 1. The first-order chi connectivity index (χ1) is 6.50. The molecule has 76 valence electrons. The number of Topliss-reactive ketones (excluding diaryl/α,β-unsaturated/α-hetero) is 1. The number of carbonyl (C=O) groups is 1. The number of carbonyl (C=O) groups excluding carboxylic acids is 1. The standard InChI is InChI=1S/C11H14O3/c1-8(12)11(2,13)9-6-4-5-7-10(9)14-3/h4-7,13H,1-3H3/t11-/m0/s1. The maximum Gasteiger partial charge on any atom is 0.165 e. The fourth-order valence-electron chi connectivity index (χ4n) is 1.24. The Labute approximate surface area is 83.3 Å². The number of aliphatic hydroxyl groups is 1. The molecule has 0 amide bonds. The highest BCUT2D eigenvalue weighted by atomic mass is 16.5. The van der Waals surface area contributed by atoms with Crippen LogP contribution in [0.1, 0.15) is 19.4 Å². The minimum atomic E-state index is -1.48. The molecule has 0 aromatic heterocycles. The summed E-state index contributed by atoms with van der Waals surface area (Å²) < 4.78 is 5.07. The monoisotopic (exact) mass is 194 g/mol. The van der Waals surface area contributed by atoms with E-state index in [0.717, 1.165) is 0 Å². The average molecular weight is 194 g/mol. The summed E-state index contributed by atoms with van der Waals surface area (Å²) >= 11 is 0. The number of methoxy groups -OCH3 is 1. The van der Waals surface area contributed by atoms with Crippen LogP contribution in [0.2, 0.25) is 0 Å². The van der Waals surface area contributed by atoms with Crippen molar-refractivity contribution >= 4 is 5.78 Å². The van der Waals surface area contributed by atoms with Crippen molar-refractivity contribution in [2.24, 2.45) is 0 Å². The molecule has 14 heavy (non-hydrogen) atoms. The van der Waals surface area contributed by atoms with Gasteiger partial charge in [-0.3, -0.25) is 4.79 Å². The van der Waals surface area contributed by atoms with Crippen molar-refractivity contribution in [3.8, 4) is 5.75 Å². The van der Waals surface area contributed by atoms with E-state index < -0.39 is 5.60 Å². The molecular weight excluding hydrogens is 180 g/mol. The van der Waals surface area contributed by atoms with Gasteiger partial charge in [-0.15, -0.1) is 0 Å². The van der Waals surface area contributed by atoms with E-state index >= 15 is 0 Å². The summed E-state index contributed by atoms with van der Waals surface area (Å²) in [5, 5.41) is 9.95. The van der Waals surface area contributed by atoms with Crippen LogP contribution in [0, 0.1) is 0 Å². The zero-order chi connectivity index (χ0) is 10.8.